The van der Waals surface area contributed by atoms with Crippen LogP contribution in [0.15, 0.2) is 18.2 Å². The Bertz CT molecular complexity index is 730. The molecule has 2 aliphatic rings. The molecular formula is C17H23NO5S. The summed E-state index contributed by atoms with van der Waals surface area (Å²) in [5, 5.41) is 0. The van der Waals surface area contributed by atoms with Crippen molar-refractivity contribution in [2.45, 2.75) is 31.7 Å². The number of fused-ring (bicyclic) bond motifs is 1. The average molecular weight is 353 g/mol. The lowest BCUT2D eigenvalue weighted by molar-refractivity contribution is -0.131. The van der Waals surface area contributed by atoms with Crippen molar-refractivity contribution in [2.24, 2.45) is 0 Å². The van der Waals surface area contributed by atoms with Crippen LogP contribution in [0.3, 0.4) is 0 Å². The zero-order valence-electron chi connectivity index (χ0n) is 14.0. The number of nitrogens with zero attached hydrogens (tertiary/aromatic N) is 1. The molecule has 0 bridgehead atoms. The van der Waals surface area contributed by atoms with Gasteiger partial charge in [-0.05, 0) is 30.0 Å². The molecule has 3 rings (SSSR count). The van der Waals surface area contributed by atoms with Crippen molar-refractivity contribution in [3.63, 3.8) is 0 Å². The molecule has 2 atom stereocenters. The van der Waals surface area contributed by atoms with Crippen LogP contribution >= 0.6 is 0 Å². The predicted octanol–water partition coefficient (Wildman–Crippen LogP) is 1.60. The molecule has 0 N–H and O–H groups in total. The standard InChI is InChI=1S/C17H23NO5S/c1-12(13-3-4-15-16(10-13)23-7-6-22-15)9-17(19)18(2)14-5-8-24(20,21)11-14/h3-4,10,12,14H,5-9,11H2,1-2H3. The molecule has 132 valence electrons. The second-order valence-electron chi connectivity index (χ2n) is 6.57. The van der Waals surface area contributed by atoms with Gasteiger partial charge in [0.1, 0.15) is 13.2 Å². The highest BCUT2D eigenvalue weighted by Gasteiger charge is 2.33. The molecule has 0 aliphatic carbocycles. The van der Waals surface area contributed by atoms with Gasteiger partial charge < -0.3 is 14.4 Å². The number of hydrogen-bond donors (Lipinski definition) is 0. The first-order valence-electron chi connectivity index (χ1n) is 8.21. The Kier molecular flexibility index (Phi) is 4.71. The molecule has 7 heteroatoms. The van der Waals surface area contributed by atoms with E-state index in [0.717, 1.165) is 11.3 Å². The molecule has 1 saturated heterocycles. The van der Waals surface area contributed by atoms with Crippen LogP contribution in [0.2, 0.25) is 0 Å². The Balaban J connectivity index is 1.63. The summed E-state index contributed by atoms with van der Waals surface area (Å²) >= 11 is 0. The van der Waals surface area contributed by atoms with E-state index < -0.39 is 9.84 Å². The van der Waals surface area contributed by atoms with Gasteiger partial charge in [0.2, 0.25) is 5.91 Å². The Morgan fingerprint density at radius 2 is 2.00 bits per heavy atom. The lowest BCUT2D eigenvalue weighted by Crippen LogP contribution is -2.38. The van der Waals surface area contributed by atoms with Gasteiger partial charge in [-0.15, -0.1) is 0 Å². The Morgan fingerprint density at radius 3 is 2.67 bits per heavy atom. The maximum atomic E-state index is 12.5. The normalized spacial score (nSPS) is 22.8. The highest BCUT2D eigenvalue weighted by atomic mass is 32.2. The van der Waals surface area contributed by atoms with Crippen molar-refractivity contribution >= 4 is 15.7 Å². The number of ether oxygens (including phenoxy) is 2. The van der Waals surface area contributed by atoms with Crippen molar-refractivity contribution in [3.8, 4) is 11.5 Å². The summed E-state index contributed by atoms with van der Waals surface area (Å²) in [5.74, 6) is 1.69. The van der Waals surface area contributed by atoms with Crippen LogP contribution in [0.5, 0.6) is 11.5 Å². The molecule has 0 saturated carbocycles. The molecule has 0 aromatic heterocycles. The SMILES string of the molecule is CC(CC(=O)N(C)C1CCS(=O)(=O)C1)c1ccc2c(c1)OCCO2. The van der Waals surface area contributed by atoms with E-state index >= 15 is 0 Å². The van der Waals surface area contributed by atoms with Crippen LogP contribution in [0, 0.1) is 0 Å². The average Bonchev–Trinajstić information content (AvgIpc) is 2.93. The van der Waals surface area contributed by atoms with Gasteiger partial charge >= 0.3 is 0 Å². The van der Waals surface area contributed by atoms with E-state index in [1.165, 1.54) is 0 Å². The molecule has 0 spiro atoms. The first-order chi connectivity index (χ1) is 11.4. The molecule has 2 aliphatic heterocycles. The van der Waals surface area contributed by atoms with Gasteiger partial charge in [0.15, 0.2) is 21.3 Å². The minimum atomic E-state index is -2.99. The minimum absolute atomic E-state index is 0.0220. The fourth-order valence-electron chi connectivity index (χ4n) is 3.17. The lowest BCUT2D eigenvalue weighted by atomic mass is 9.96. The van der Waals surface area contributed by atoms with Gasteiger partial charge in [0.25, 0.3) is 0 Å². The Labute approximate surface area is 142 Å². The van der Waals surface area contributed by atoms with Gasteiger partial charge in [0.05, 0.1) is 11.5 Å². The van der Waals surface area contributed by atoms with E-state index in [1.54, 1.807) is 11.9 Å². The number of sulfone groups is 1. The number of benzene rings is 1. The van der Waals surface area contributed by atoms with E-state index in [4.69, 9.17) is 9.47 Å². The monoisotopic (exact) mass is 353 g/mol. The van der Waals surface area contributed by atoms with Gasteiger partial charge in [-0.3, -0.25) is 4.79 Å². The van der Waals surface area contributed by atoms with Gasteiger partial charge in [-0.25, -0.2) is 8.42 Å². The van der Waals surface area contributed by atoms with E-state index in [0.29, 0.717) is 31.8 Å². The maximum Gasteiger partial charge on any atom is 0.223 e. The number of rotatable bonds is 4. The summed E-state index contributed by atoms with van der Waals surface area (Å²) in [5.41, 5.74) is 1.01. The van der Waals surface area contributed by atoms with E-state index in [9.17, 15) is 13.2 Å². The van der Waals surface area contributed by atoms with Crippen molar-refractivity contribution in [3.05, 3.63) is 23.8 Å². The number of hydrogen-bond acceptors (Lipinski definition) is 5. The molecule has 1 amide bonds. The molecule has 1 fully saturated rings. The van der Waals surface area contributed by atoms with Gasteiger partial charge in [-0.2, -0.15) is 0 Å². The fourth-order valence-corrected chi connectivity index (χ4v) is 4.95. The van der Waals surface area contributed by atoms with Crippen LogP contribution in [0.25, 0.3) is 0 Å². The van der Waals surface area contributed by atoms with Crippen molar-refractivity contribution in [2.75, 3.05) is 31.8 Å². The van der Waals surface area contributed by atoms with Crippen LogP contribution in [0.1, 0.15) is 31.2 Å². The van der Waals surface area contributed by atoms with E-state index in [2.05, 4.69) is 0 Å². The van der Waals surface area contributed by atoms with Crippen LogP contribution in [-0.4, -0.2) is 57.0 Å². The first kappa shape index (κ1) is 17.1. The molecule has 24 heavy (non-hydrogen) atoms. The largest absolute Gasteiger partial charge is 0.486 e. The lowest BCUT2D eigenvalue weighted by Gasteiger charge is -2.25. The van der Waals surface area contributed by atoms with E-state index in [1.807, 2.05) is 25.1 Å². The van der Waals surface area contributed by atoms with Gasteiger partial charge in [0, 0.05) is 19.5 Å². The van der Waals surface area contributed by atoms with Crippen molar-refractivity contribution in [1.29, 1.82) is 0 Å². The Morgan fingerprint density at radius 1 is 1.29 bits per heavy atom. The molecule has 2 unspecified atom stereocenters. The molecule has 1 aromatic carbocycles. The summed E-state index contributed by atoms with van der Waals surface area (Å²) in [6.45, 7) is 3.07. The summed E-state index contributed by atoms with van der Waals surface area (Å²) in [6.07, 6.45) is 0.871. The second kappa shape index (κ2) is 6.63. The number of carbonyl (C=O) groups is 1. The minimum Gasteiger partial charge on any atom is -0.486 e. The highest BCUT2D eigenvalue weighted by molar-refractivity contribution is 7.91. The second-order valence-corrected chi connectivity index (χ2v) is 8.80. The first-order valence-corrected chi connectivity index (χ1v) is 10.0. The predicted molar refractivity (Wildman–Crippen MR) is 90.3 cm³/mol. The summed E-state index contributed by atoms with van der Waals surface area (Å²) < 4.78 is 34.3. The molecule has 1 aromatic rings. The fraction of sp³-hybridized carbons (Fsp3) is 0.588. The maximum absolute atomic E-state index is 12.5. The van der Waals surface area contributed by atoms with Gasteiger partial charge in [-0.1, -0.05) is 13.0 Å². The van der Waals surface area contributed by atoms with Crippen molar-refractivity contribution < 1.29 is 22.7 Å². The molecule has 0 radical (unpaired) electrons. The summed E-state index contributed by atoms with van der Waals surface area (Å²) in [6, 6.07) is 5.55. The smallest absolute Gasteiger partial charge is 0.223 e. The third-order valence-electron chi connectivity index (χ3n) is 4.77. The zero-order valence-corrected chi connectivity index (χ0v) is 14.8. The molecule has 2 heterocycles. The van der Waals surface area contributed by atoms with Crippen LogP contribution in [0.4, 0.5) is 0 Å². The zero-order chi connectivity index (χ0) is 17.3. The quantitative estimate of drug-likeness (QED) is 0.822. The Hall–Kier alpha value is -1.76. The van der Waals surface area contributed by atoms with E-state index in [-0.39, 0.29) is 29.4 Å². The molecular weight excluding hydrogens is 330 g/mol. The summed E-state index contributed by atoms with van der Waals surface area (Å²) in [4.78, 5) is 14.1. The topological polar surface area (TPSA) is 72.9 Å². The van der Waals surface area contributed by atoms with Crippen LogP contribution in [-0.2, 0) is 14.6 Å². The number of carbonyl (C=O) groups excluding carboxylic acids is 1. The highest BCUT2D eigenvalue weighted by Crippen LogP contribution is 2.34. The van der Waals surface area contributed by atoms with Crippen molar-refractivity contribution in [1.82, 2.24) is 4.90 Å². The molecule has 6 nitrogen and oxygen atoms in total. The third kappa shape index (κ3) is 3.66. The summed E-state index contributed by atoms with van der Waals surface area (Å²) in [7, 11) is -1.29. The third-order valence-corrected chi connectivity index (χ3v) is 6.52. The number of amides is 1. The van der Waals surface area contributed by atoms with Crippen LogP contribution < -0.4 is 9.47 Å².